The first-order chi connectivity index (χ1) is 6.22. The summed E-state index contributed by atoms with van der Waals surface area (Å²) in [6.07, 6.45) is 2.79. The van der Waals surface area contributed by atoms with Crippen molar-refractivity contribution in [2.75, 3.05) is 6.54 Å². The van der Waals surface area contributed by atoms with Crippen LogP contribution in [0.3, 0.4) is 0 Å². The third kappa shape index (κ3) is 6.12. The number of hydrogen-bond acceptors (Lipinski definition) is 3. The van der Waals surface area contributed by atoms with Crippen molar-refractivity contribution in [2.45, 2.75) is 38.6 Å². The third-order valence-corrected chi connectivity index (χ3v) is 1.70. The van der Waals surface area contributed by atoms with Crippen molar-refractivity contribution in [3.63, 3.8) is 0 Å². The van der Waals surface area contributed by atoms with Gasteiger partial charge < -0.3 is 11.1 Å². The summed E-state index contributed by atoms with van der Waals surface area (Å²) in [5, 5.41) is 10.9. The van der Waals surface area contributed by atoms with Crippen LogP contribution in [-0.4, -0.2) is 18.5 Å². The van der Waals surface area contributed by atoms with Crippen molar-refractivity contribution in [2.24, 2.45) is 5.73 Å². The summed E-state index contributed by atoms with van der Waals surface area (Å²) in [7, 11) is 0. The van der Waals surface area contributed by atoms with E-state index in [1.54, 1.807) is 0 Å². The molecule has 1 unspecified atom stereocenters. The normalized spacial score (nSPS) is 11.8. The molecule has 0 radical (unpaired) electrons. The van der Waals surface area contributed by atoms with Crippen LogP contribution in [0.4, 0.5) is 0 Å². The summed E-state index contributed by atoms with van der Waals surface area (Å²) < 4.78 is 0. The smallest absolute Gasteiger partial charge is 0.236 e. The van der Waals surface area contributed by atoms with Gasteiger partial charge >= 0.3 is 0 Å². The minimum absolute atomic E-state index is 0.111. The van der Waals surface area contributed by atoms with Crippen molar-refractivity contribution in [1.82, 2.24) is 5.32 Å². The predicted molar refractivity (Wildman–Crippen MR) is 50.7 cm³/mol. The molecular weight excluding hydrogens is 166 g/mol. The highest BCUT2D eigenvalue weighted by molar-refractivity contribution is 5.81. The molecule has 0 spiro atoms. The molecule has 0 bridgehead atoms. The van der Waals surface area contributed by atoms with Crippen LogP contribution < -0.4 is 11.1 Å². The molecule has 1 atom stereocenters. The second kappa shape index (κ2) is 7.56. The fourth-order valence-corrected chi connectivity index (χ4v) is 0.952. The molecule has 1 amide bonds. The van der Waals surface area contributed by atoms with E-state index >= 15 is 0 Å². The number of nitriles is 1. The lowest BCUT2D eigenvalue weighted by molar-refractivity contribution is -0.122. The summed E-state index contributed by atoms with van der Waals surface area (Å²) in [6.45, 7) is 2.53. The maximum absolute atomic E-state index is 11.2. The van der Waals surface area contributed by atoms with E-state index in [-0.39, 0.29) is 5.91 Å². The number of carbonyl (C=O) groups excluding carboxylic acids is 1. The largest absolute Gasteiger partial charge is 0.355 e. The van der Waals surface area contributed by atoms with Gasteiger partial charge in [0.25, 0.3) is 0 Å². The van der Waals surface area contributed by atoms with Crippen LogP contribution in [-0.2, 0) is 4.79 Å². The van der Waals surface area contributed by atoms with Gasteiger partial charge in [-0.25, -0.2) is 0 Å². The lowest BCUT2D eigenvalue weighted by Crippen LogP contribution is -2.40. The molecule has 0 aliphatic rings. The van der Waals surface area contributed by atoms with E-state index in [0.29, 0.717) is 25.8 Å². The van der Waals surface area contributed by atoms with Gasteiger partial charge in [0.05, 0.1) is 12.1 Å². The molecule has 0 rings (SSSR count). The number of nitrogens with one attached hydrogen (secondary N) is 1. The summed E-state index contributed by atoms with van der Waals surface area (Å²) in [5.41, 5.74) is 5.57. The van der Waals surface area contributed by atoms with Crippen molar-refractivity contribution >= 4 is 5.91 Å². The number of nitrogens with two attached hydrogens (primary N) is 1. The fraction of sp³-hybridized carbons (Fsp3) is 0.778. The minimum Gasteiger partial charge on any atom is -0.355 e. The minimum atomic E-state index is -0.396. The zero-order chi connectivity index (χ0) is 10.1. The lowest BCUT2D eigenvalue weighted by Gasteiger charge is -2.09. The first-order valence-corrected chi connectivity index (χ1v) is 4.62. The Hall–Kier alpha value is -1.08. The van der Waals surface area contributed by atoms with Gasteiger partial charge in [-0.3, -0.25) is 4.79 Å². The standard InChI is InChI=1S/C9H17N3O/c1-2-5-8(11)9(13)12-7-4-3-6-10/h8H,2-5,7,11H2,1H3,(H,12,13). The van der Waals surface area contributed by atoms with E-state index in [1.807, 2.05) is 13.0 Å². The Morgan fingerprint density at radius 1 is 1.69 bits per heavy atom. The first-order valence-electron chi connectivity index (χ1n) is 4.62. The van der Waals surface area contributed by atoms with Gasteiger partial charge in [0.15, 0.2) is 0 Å². The highest BCUT2D eigenvalue weighted by Crippen LogP contribution is 1.93. The predicted octanol–water partition coefficient (Wildman–Crippen LogP) is 0.534. The molecule has 0 aromatic heterocycles. The summed E-state index contributed by atoms with van der Waals surface area (Å²) in [5.74, 6) is -0.111. The Morgan fingerprint density at radius 3 is 2.92 bits per heavy atom. The zero-order valence-corrected chi connectivity index (χ0v) is 8.05. The average molecular weight is 183 g/mol. The fourth-order valence-electron chi connectivity index (χ4n) is 0.952. The van der Waals surface area contributed by atoms with Crippen LogP contribution in [0.2, 0.25) is 0 Å². The summed E-state index contributed by atoms with van der Waals surface area (Å²) in [4.78, 5) is 11.2. The van der Waals surface area contributed by atoms with Crippen LogP contribution in [0, 0.1) is 11.3 Å². The molecule has 4 heteroatoms. The molecule has 0 aromatic carbocycles. The van der Waals surface area contributed by atoms with E-state index in [4.69, 9.17) is 11.0 Å². The second-order valence-electron chi connectivity index (χ2n) is 2.95. The van der Waals surface area contributed by atoms with Crippen LogP contribution in [0.1, 0.15) is 32.6 Å². The molecule has 4 nitrogen and oxygen atoms in total. The molecule has 0 aliphatic carbocycles. The van der Waals surface area contributed by atoms with Crippen molar-refractivity contribution < 1.29 is 4.79 Å². The van der Waals surface area contributed by atoms with Crippen LogP contribution in [0.15, 0.2) is 0 Å². The lowest BCUT2D eigenvalue weighted by atomic mass is 10.1. The number of amides is 1. The molecule has 0 aromatic rings. The van der Waals surface area contributed by atoms with Crippen molar-refractivity contribution in [1.29, 1.82) is 5.26 Å². The molecular formula is C9H17N3O. The number of unbranched alkanes of at least 4 members (excludes halogenated alkanes) is 1. The van der Waals surface area contributed by atoms with Gasteiger partial charge in [0, 0.05) is 13.0 Å². The van der Waals surface area contributed by atoms with Gasteiger partial charge in [-0.1, -0.05) is 13.3 Å². The molecule has 0 saturated carbocycles. The Kier molecular flexibility index (Phi) is 6.93. The van der Waals surface area contributed by atoms with E-state index in [9.17, 15) is 4.79 Å². The number of rotatable bonds is 6. The van der Waals surface area contributed by atoms with Gasteiger partial charge in [-0.05, 0) is 12.8 Å². The average Bonchev–Trinajstić information content (AvgIpc) is 2.12. The molecule has 0 heterocycles. The maximum atomic E-state index is 11.2. The third-order valence-electron chi connectivity index (χ3n) is 1.70. The Morgan fingerprint density at radius 2 is 2.38 bits per heavy atom. The molecule has 3 N–H and O–H groups in total. The number of hydrogen-bond donors (Lipinski definition) is 2. The molecule has 74 valence electrons. The number of carbonyl (C=O) groups is 1. The van der Waals surface area contributed by atoms with Gasteiger partial charge in [0.1, 0.15) is 0 Å². The molecule has 13 heavy (non-hydrogen) atoms. The van der Waals surface area contributed by atoms with E-state index in [2.05, 4.69) is 5.32 Å². The van der Waals surface area contributed by atoms with Crippen molar-refractivity contribution in [3.05, 3.63) is 0 Å². The quantitative estimate of drug-likeness (QED) is 0.590. The highest BCUT2D eigenvalue weighted by atomic mass is 16.2. The van der Waals surface area contributed by atoms with Gasteiger partial charge in [0.2, 0.25) is 5.91 Å². The molecule has 0 aliphatic heterocycles. The maximum Gasteiger partial charge on any atom is 0.236 e. The molecule has 0 fully saturated rings. The van der Waals surface area contributed by atoms with Crippen LogP contribution in [0.5, 0.6) is 0 Å². The zero-order valence-electron chi connectivity index (χ0n) is 8.05. The number of nitrogens with zero attached hydrogens (tertiary/aromatic N) is 1. The topological polar surface area (TPSA) is 78.9 Å². The summed E-state index contributed by atoms with van der Waals surface area (Å²) >= 11 is 0. The van der Waals surface area contributed by atoms with Crippen LogP contribution in [0.25, 0.3) is 0 Å². The first kappa shape index (κ1) is 11.9. The van der Waals surface area contributed by atoms with E-state index < -0.39 is 6.04 Å². The SMILES string of the molecule is CCCC(N)C(=O)NCCCC#N. The Labute approximate surface area is 79.1 Å². The second-order valence-corrected chi connectivity index (χ2v) is 2.95. The van der Waals surface area contributed by atoms with E-state index in [1.165, 1.54) is 0 Å². The molecule has 0 saturated heterocycles. The van der Waals surface area contributed by atoms with Gasteiger partial charge in [-0.2, -0.15) is 5.26 Å². The van der Waals surface area contributed by atoms with E-state index in [0.717, 1.165) is 6.42 Å². The summed E-state index contributed by atoms with van der Waals surface area (Å²) in [6, 6.07) is 1.62. The van der Waals surface area contributed by atoms with Crippen molar-refractivity contribution in [3.8, 4) is 6.07 Å². The van der Waals surface area contributed by atoms with Gasteiger partial charge in [-0.15, -0.1) is 0 Å². The monoisotopic (exact) mass is 183 g/mol. The Bertz CT molecular complexity index is 186. The highest BCUT2D eigenvalue weighted by Gasteiger charge is 2.10. The van der Waals surface area contributed by atoms with Crippen LogP contribution >= 0.6 is 0 Å². The Balaban J connectivity index is 3.45.